The van der Waals surface area contributed by atoms with Crippen molar-refractivity contribution in [3.63, 3.8) is 0 Å². The van der Waals surface area contributed by atoms with Crippen molar-refractivity contribution >= 4 is 55.8 Å². The van der Waals surface area contributed by atoms with Gasteiger partial charge in [-0.2, -0.15) is 16.8 Å². The van der Waals surface area contributed by atoms with Gasteiger partial charge in [-0.05, 0) is 18.2 Å². The molecule has 0 bridgehead atoms. The summed E-state index contributed by atoms with van der Waals surface area (Å²) in [6.07, 6.45) is 0. The second-order valence-corrected chi connectivity index (χ2v) is 5.79. The molecule has 0 fully saturated rings. The third-order valence-corrected chi connectivity index (χ3v) is 3.39. The molecule has 0 aliphatic rings. The van der Waals surface area contributed by atoms with E-state index in [1.807, 2.05) is 0 Å². The molecular formula is C7H7NaO8S2. The first-order chi connectivity index (χ1) is 7.51. The van der Waals surface area contributed by atoms with Crippen LogP contribution in [0.5, 0.6) is 0 Å². The fourth-order valence-corrected chi connectivity index (χ4v) is 2.17. The Morgan fingerprint density at radius 1 is 0.889 bits per heavy atom. The van der Waals surface area contributed by atoms with Crippen molar-refractivity contribution in [2.24, 2.45) is 0 Å². The molecule has 0 amide bonds. The molecular weight excluding hydrogens is 299 g/mol. The number of carboxylic acid groups (broad SMARTS) is 1. The van der Waals surface area contributed by atoms with E-state index in [2.05, 4.69) is 0 Å². The van der Waals surface area contributed by atoms with Crippen LogP contribution in [0.1, 0.15) is 10.4 Å². The van der Waals surface area contributed by atoms with Gasteiger partial charge in [0.05, 0.1) is 15.4 Å². The maximum atomic E-state index is 10.8. The van der Waals surface area contributed by atoms with Crippen LogP contribution in [-0.2, 0) is 20.2 Å². The van der Waals surface area contributed by atoms with Gasteiger partial charge in [-0.1, -0.05) is 0 Å². The third-order valence-electron chi connectivity index (χ3n) is 1.72. The Balaban J connectivity index is 0.00000289. The normalized spacial score (nSPS) is 11.7. The van der Waals surface area contributed by atoms with E-state index in [1.165, 1.54) is 0 Å². The number of carbonyl (C=O) groups is 1. The Kier molecular flexibility index (Phi) is 5.50. The molecule has 0 aliphatic heterocycles. The van der Waals surface area contributed by atoms with Crippen LogP contribution in [0.2, 0.25) is 0 Å². The summed E-state index contributed by atoms with van der Waals surface area (Å²) in [5.41, 5.74) is -0.701. The number of hydrogen-bond donors (Lipinski definition) is 3. The molecule has 3 N–H and O–H groups in total. The number of aromatic carboxylic acids is 1. The molecule has 0 heterocycles. The Labute approximate surface area is 124 Å². The van der Waals surface area contributed by atoms with Gasteiger partial charge in [0.15, 0.2) is 0 Å². The Bertz CT molecular complexity index is 625. The van der Waals surface area contributed by atoms with Gasteiger partial charge in [-0.15, -0.1) is 0 Å². The number of hydrogen-bond acceptors (Lipinski definition) is 5. The van der Waals surface area contributed by atoms with Crippen LogP contribution in [0.15, 0.2) is 28.0 Å². The zero-order valence-electron chi connectivity index (χ0n) is 7.93. The first kappa shape index (κ1) is 17.5. The SMILES string of the molecule is O=C(O)c1cc(S(=O)(=O)O)cc(S(=O)(=O)O)c1.[NaH]. The van der Waals surface area contributed by atoms with Crippen LogP contribution in [0.25, 0.3) is 0 Å². The van der Waals surface area contributed by atoms with Crippen molar-refractivity contribution in [1.29, 1.82) is 0 Å². The van der Waals surface area contributed by atoms with E-state index < -0.39 is 41.6 Å². The van der Waals surface area contributed by atoms with Crippen molar-refractivity contribution in [1.82, 2.24) is 0 Å². The fourth-order valence-electron chi connectivity index (χ4n) is 0.993. The van der Waals surface area contributed by atoms with Gasteiger partial charge in [-0.3, -0.25) is 9.11 Å². The molecule has 0 unspecified atom stereocenters. The average Bonchev–Trinajstić information content (AvgIpc) is 2.14. The van der Waals surface area contributed by atoms with Crippen LogP contribution in [0, 0.1) is 0 Å². The van der Waals surface area contributed by atoms with Gasteiger partial charge in [0.25, 0.3) is 20.2 Å². The van der Waals surface area contributed by atoms with E-state index in [0.717, 1.165) is 0 Å². The molecule has 0 aromatic heterocycles. The van der Waals surface area contributed by atoms with Gasteiger partial charge >= 0.3 is 35.5 Å². The van der Waals surface area contributed by atoms with Crippen LogP contribution < -0.4 is 0 Å². The van der Waals surface area contributed by atoms with E-state index in [0.29, 0.717) is 18.2 Å². The zero-order chi connectivity index (χ0) is 13.4. The summed E-state index contributed by atoms with van der Waals surface area (Å²) in [6.45, 7) is 0. The summed E-state index contributed by atoms with van der Waals surface area (Å²) < 4.78 is 60.5. The van der Waals surface area contributed by atoms with Crippen LogP contribution >= 0.6 is 0 Å². The molecule has 0 saturated heterocycles. The predicted molar refractivity (Wildman–Crippen MR) is 60.2 cm³/mol. The summed E-state index contributed by atoms with van der Waals surface area (Å²) in [4.78, 5) is 8.73. The fraction of sp³-hybridized carbons (Fsp3) is 0. The van der Waals surface area contributed by atoms with Crippen LogP contribution in [-0.4, -0.2) is 66.6 Å². The second kappa shape index (κ2) is 5.65. The first-order valence-electron chi connectivity index (χ1n) is 3.85. The topological polar surface area (TPSA) is 146 Å². The molecule has 0 aliphatic carbocycles. The molecule has 1 aromatic rings. The molecule has 1 rings (SSSR count). The molecule has 0 saturated carbocycles. The summed E-state index contributed by atoms with van der Waals surface area (Å²) in [5, 5.41) is 8.61. The molecule has 0 spiro atoms. The minimum absolute atomic E-state index is 0. The van der Waals surface area contributed by atoms with Gasteiger partial charge in [0.2, 0.25) is 0 Å². The van der Waals surface area contributed by atoms with E-state index in [4.69, 9.17) is 14.2 Å². The number of rotatable bonds is 3. The Morgan fingerprint density at radius 2 is 1.22 bits per heavy atom. The summed E-state index contributed by atoms with van der Waals surface area (Å²) in [7, 11) is -9.56. The quantitative estimate of drug-likeness (QED) is 0.487. The molecule has 18 heavy (non-hydrogen) atoms. The summed E-state index contributed by atoms with van der Waals surface area (Å²) in [6, 6.07) is 1.57. The molecule has 11 heteroatoms. The molecule has 1 aromatic carbocycles. The summed E-state index contributed by atoms with van der Waals surface area (Å²) >= 11 is 0. The molecule has 0 atom stereocenters. The third kappa shape index (κ3) is 4.31. The minimum atomic E-state index is -4.78. The first-order valence-corrected chi connectivity index (χ1v) is 6.73. The second-order valence-electron chi connectivity index (χ2n) is 2.95. The van der Waals surface area contributed by atoms with Crippen molar-refractivity contribution in [2.75, 3.05) is 0 Å². The van der Waals surface area contributed by atoms with Crippen LogP contribution in [0.4, 0.5) is 0 Å². The maximum absolute atomic E-state index is 10.8. The van der Waals surface area contributed by atoms with Crippen molar-refractivity contribution in [3.8, 4) is 0 Å². The Morgan fingerprint density at radius 3 is 1.44 bits per heavy atom. The van der Waals surface area contributed by atoms with E-state index in [1.54, 1.807) is 0 Å². The van der Waals surface area contributed by atoms with E-state index in [-0.39, 0.29) is 29.6 Å². The van der Waals surface area contributed by atoms with Gasteiger partial charge < -0.3 is 5.11 Å². The number of benzene rings is 1. The van der Waals surface area contributed by atoms with Crippen molar-refractivity contribution < 1.29 is 35.8 Å². The van der Waals surface area contributed by atoms with E-state index >= 15 is 0 Å². The van der Waals surface area contributed by atoms with Crippen molar-refractivity contribution in [3.05, 3.63) is 23.8 Å². The predicted octanol–water partition coefficient (Wildman–Crippen LogP) is -0.770. The molecule has 0 radical (unpaired) electrons. The summed E-state index contributed by atoms with van der Waals surface area (Å²) in [5.74, 6) is -1.61. The number of carboxylic acids is 1. The van der Waals surface area contributed by atoms with Gasteiger partial charge in [0, 0.05) is 0 Å². The average molecular weight is 306 g/mol. The molecule has 8 nitrogen and oxygen atoms in total. The van der Waals surface area contributed by atoms with E-state index in [9.17, 15) is 21.6 Å². The van der Waals surface area contributed by atoms with Gasteiger partial charge in [-0.25, -0.2) is 4.79 Å². The van der Waals surface area contributed by atoms with Gasteiger partial charge in [0.1, 0.15) is 0 Å². The van der Waals surface area contributed by atoms with Crippen molar-refractivity contribution in [2.45, 2.75) is 9.79 Å². The van der Waals surface area contributed by atoms with Crippen LogP contribution in [0.3, 0.4) is 0 Å². The Hall–Kier alpha value is -0.490. The monoisotopic (exact) mass is 306 g/mol. The zero-order valence-corrected chi connectivity index (χ0v) is 9.56. The molecule has 96 valence electrons. The standard InChI is InChI=1S/C7H6O8S2.Na.H/c8-7(9)4-1-5(16(10,11)12)3-6(2-4)17(13,14)15;;/h1-3H,(H,8,9)(H,10,11,12)(H,13,14,15);;.